The lowest BCUT2D eigenvalue weighted by atomic mass is 10.0. The second-order valence-corrected chi connectivity index (χ2v) is 4.72. The molecule has 0 bridgehead atoms. The van der Waals surface area contributed by atoms with Crippen molar-refractivity contribution < 1.29 is 4.52 Å². The van der Waals surface area contributed by atoms with Crippen molar-refractivity contribution in [2.24, 2.45) is 5.92 Å². The smallest absolute Gasteiger partial charge is 0.226 e. The number of aryl methyl sites for hydroxylation is 1. The van der Waals surface area contributed by atoms with Crippen LogP contribution in [0.25, 0.3) is 0 Å². The Kier molecular flexibility index (Phi) is 2.44. The molecule has 15 heavy (non-hydrogen) atoms. The highest BCUT2D eigenvalue weighted by atomic mass is 16.5. The zero-order valence-electron chi connectivity index (χ0n) is 8.91. The van der Waals surface area contributed by atoms with Gasteiger partial charge in [-0.25, -0.2) is 0 Å². The molecule has 4 heteroatoms. The fourth-order valence-electron chi connectivity index (χ4n) is 2.17. The molecule has 1 unspecified atom stereocenters. The molecular formula is C11H17N3O. The fraction of sp³-hybridized carbons (Fsp3) is 0.818. The predicted molar refractivity (Wildman–Crippen MR) is 55.6 cm³/mol. The van der Waals surface area contributed by atoms with E-state index in [0.717, 1.165) is 30.6 Å². The molecule has 0 amide bonds. The second-order valence-electron chi connectivity index (χ2n) is 4.72. The van der Waals surface area contributed by atoms with Crippen molar-refractivity contribution in [3.05, 3.63) is 11.7 Å². The molecule has 1 saturated heterocycles. The van der Waals surface area contributed by atoms with E-state index >= 15 is 0 Å². The Morgan fingerprint density at radius 2 is 2.27 bits per heavy atom. The average Bonchev–Trinajstić information content (AvgIpc) is 2.82. The van der Waals surface area contributed by atoms with E-state index < -0.39 is 0 Å². The van der Waals surface area contributed by atoms with Gasteiger partial charge in [-0.15, -0.1) is 0 Å². The number of aromatic nitrogens is 2. The summed E-state index contributed by atoms with van der Waals surface area (Å²) < 4.78 is 5.24. The van der Waals surface area contributed by atoms with Gasteiger partial charge < -0.3 is 9.84 Å². The monoisotopic (exact) mass is 207 g/mol. The van der Waals surface area contributed by atoms with Crippen LogP contribution in [0, 0.1) is 5.92 Å². The number of nitrogens with one attached hydrogen (secondary N) is 1. The van der Waals surface area contributed by atoms with Crippen LogP contribution in [0.1, 0.15) is 43.3 Å². The van der Waals surface area contributed by atoms with Gasteiger partial charge in [0.05, 0.1) is 0 Å². The molecule has 1 atom stereocenters. The van der Waals surface area contributed by atoms with Gasteiger partial charge in [0.15, 0.2) is 5.82 Å². The molecule has 82 valence electrons. The summed E-state index contributed by atoms with van der Waals surface area (Å²) in [6, 6.07) is 0. The number of nitrogens with zero attached hydrogens (tertiary/aromatic N) is 2. The number of hydrogen-bond acceptors (Lipinski definition) is 4. The van der Waals surface area contributed by atoms with Crippen LogP contribution in [-0.4, -0.2) is 23.2 Å². The summed E-state index contributed by atoms with van der Waals surface area (Å²) in [5.41, 5.74) is 0. The minimum atomic E-state index is 0.607. The largest absolute Gasteiger partial charge is 0.339 e. The van der Waals surface area contributed by atoms with E-state index in [0.29, 0.717) is 5.92 Å². The van der Waals surface area contributed by atoms with Crippen LogP contribution in [-0.2, 0) is 6.42 Å². The molecule has 3 rings (SSSR count). The second kappa shape index (κ2) is 3.93. The molecule has 0 radical (unpaired) electrons. The SMILES string of the molecule is C1CC(CCc2nc(C3CC3)no2)CN1. The third kappa shape index (κ3) is 2.20. The molecule has 0 spiro atoms. The van der Waals surface area contributed by atoms with E-state index in [9.17, 15) is 0 Å². The predicted octanol–water partition coefficient (Wildman–Crippen LogP) is 1.49. The Balaban J connectivity index is 1.52. The lowest BCUT2D eigenvalue weighted by Gasteiger charge is -2.03. The standard InChI is InChI=1S/C11H17N3O/c1(8-5-6-12-7-8)4-10-13-11(14-15-10)9-2-3-9/h8-9,12H,1-7H2. The van der Waals surface area contributed by atoms with Crippen LogP contribution in [0.4, 0.5) is 0 Å². The molecule has 1 aromatic rings. The minimum absolute atomic E-state index is 0.607. The molecule has 0 aromatic carbocycles. The van der Waals surface area contributed by atoms with Crippen molar-refractivity contribution in [1.82, 2.24) is 15.5 Å². The molecule has 1 N–H and O–H groups in total. The van der Waals surface area contributed by atoms with Crippen LogP contribution < -0.4 is 5.32 Å². The molecule has 4 nitrogen and oxygen atoms in total. The van der Waals surface area contributed by atoms with Gasteiger partial charge in [0.25, 0.3) is 0 Å². The first kappa shape index (κ1) is 9.33. The van der Waals surface area contributed by atoms with Crippen molar-refractivity contribution in [2.45, 2.75) is 38.0 Å². The Hall–Kier alpha value is -0.900. The Bertz CT molecular complexity index is 326. The fourth-order valence-corrected chi connectivity index (χ4v) is 2.17. The third-order valence-electron chi connectivity index (χ3n) is 3.36. The highest BCUT2D eigenvalue weighted by Crippen LogP contribution is 2.38. The van der Waals surface area contributed by atoms with Crippen LogP contribution in [0.15, 0.2) is 4.52 Å². The first-order valence-electron chi connectivity index (χ1n) is 5.95. The lowest BCUT2D eigenvalue weighted by molar-refractivity contribution is 0.360. The van der Waals surface area contributed by atoms with Gasteiger partial charge in [0, 0.05) is 12.3 Å². The van der Waals surface area contributed by atoms with E-state index in [1.165, 1.54) is 32.2 Å². The number of hydrogen-bond donors (Lipinski definition) is 1. The molecule has 1 aromatic heterocycles. The summed E-state index contributed by atoms with van der Waals surface area (Å²) in [5.74, 6) is 3.19. The summed E-state index contributed by atoms with van der Waals surface area (Å²) in [7, 11) is 0. The number of rotatable bonds is 4. The molecule has 1 aliphatic carbocycles. The van der Waals surface area contributed by atoms with E-state index in [1.54, 1.807) is 0 Å². The highest BCUT2D eigenvalue weighted by Gasteiger charge is 2.28. The molecule has 2 fully saturated rings. The molecule has 1 saturated carbocycles. The first-order valence-corrected chi connectivity index (χ1v) is 5.95. The maximum Gasteiger partial charge on any atom is 0.226 e. The minimum Gasteiger partial charge on any atom is -0.339 e. The van der Waals surface area contributed by atoms with Crippen molar-refractivity contribution in [3.8, 4) is 0 Å². The van der Waals surface area contributed by atoms with Gasteiger partial charge >= 0.3 is 0 Å². The maximum atomic E-state index is 5.24. The van der Waals surface area contributed by atoms with Crippen molar-refractivity contribution in [3.63, 3.8) is 0 Å². The zero-order valence-corrected chi connectivity index (χ0v) is 8.91. The van der Waals surface area contributed by atoms with Crippen LogP contribution in [0.5, 0.6) is 0 Å². The van der Waals surface area contributed by atoms with Gasteiger partial charge in [0.1, 0.15) is 0 Å². The average molecular weight is 207 g/mol. The molecule has 1 aliphatic heterocycles. The van der Waals surface area contributed by atoms with E-state index in [2.05, 4.69) is 15.5 Å². The van der Waals surface area contributed by atoms with Crippen molar-refractivity contribution >= 4 is 0 Å². The summed E-state index contributed by atoms with van der Waals surface area (Å²) in [4.78, 5) is 4.44. The Morgan fingerprint density at radius 3 is 3.00 bits per heavy atom. The van der Waals surface area contributed by atoms with Gasteiger partial charge in [-0.1, -0.05) is 5.16 Å². The van der Waals surface area contributed by atoms with Gasteiger partial charge in [-0.05, 0) is 44.7 Å². The Labute approximate surface area is 89.4 Å². The summed E-state index contributed by atoms with van der Waals surface area (Å²) in [6.07, 6.45) is 5.91. The molecule has 2 aliphatic rings. The van der Waals surface area contributed by atoms with E-state index in [-0.39, 0.29) is 0 Å². The van der Waals surface area contributed by atoms with Crippen molar-refractivity contribution in [1.29, 1.82) is 0 Å². The topological polar surface area (TPSA) is 51.0 Å². The van der Waals surface area contributed by atoms with E-state index in [4.69, 9.17) is 4.52 Å². The van der Waals surface area contributed by atoms with Crippen LogP contribution >= 0.6 is 0 Å². The summed E-state index contributed by atoms with van der Waals surface area (Å²) >= 11 is 0. The first-order chi connectivity index (χ1) is 7.42. The summed E-state index contributed by atoms with van der Waals surface area (Å²) in [6.45, 7) is 2.32. The van der Waals surface area contributed by atoms with Crippen molar-refractivity contribution in [2.75, 3.05) is 13.1 Å². The zero-order chi connectivity index (χ0) is 10.1. The summed E-state index contributed by atoms with van der Waals surface area (Å²) in [5, 5.41) is 7.40. The lowest BCUT2D eigenvalue weighted by Crippen LogP contribution is -2.09. The third-order valence-corrected chi connectivity index (χ3v) is 3.36. The van der Waals surface area contributed by atoms with Gasteiger partial charge in [-0.3, -0.25) is 0 Å². The van der Waals surface area contributed by atoms with Crippen LogP contribution in [0.2, 0.25) is 0 Å². The normalized spacial score (nSPS) is 26.0. The van der Waals surface area contributed by atoms with Crippen LogP contribution in [0.3, 0.4) is 0 Å². The van der Waals surface area contributed by atoms with E-state index in [1.807, 2.05) is 0 Å². The molecular weight excluding hydrogens is 190 g/mol. The molecule has 2 heterocycles. The quantitative estimate of drug-likeness (QED) is 0.812. The Morgan fingerprint density at radius 1 is 1.33 bits per heavy atom. The highest BCUT2D eigenvalue weighted by molar-refractivity contribution is 5.03. The van der Waals surface area contributed by atoms with Gasteiger partial charge in [0.2, 0.25) is 5.89 Å². The maximum absolute atomic E-state index is 5.24. The van der Waals surface area contributed by atoms with Gasteiger partial charge in [-0.2, -0.15) is 4.98 Å².